The maximum absolute atomic E-state index is 13.4. The highest BCUT2D eigenvalue weighted by Crippen LogP contribution is 2.12. The van der Waals surface area contributed by atoms with E-state index in [-0.39, 0.29) is 5.69 Å². The SMILES string of the molecule is CCCOc1ccc(C=NNC(=O)CC(=O)Nc2ccccc2F)cc1. The number of anilines is 1. The fourth-order valence-corrected chi connectivity index (χ4v) is 1.99. The van der Waals surface area contributed by atoms with Crippen molar-refractivity contribution in [2.45, 2.75) is 19.8 Å². The molecule has 0 bridgehead atoms. The number of benzene rings is 2. The molecule has 0 atom stereocenters. The number of para-hydroxylation sites is 1. The van der Waals surface area contributed by atoms with Crippen LogP contribution in [-0.4, -0.2) is 24.6 Å². The van der Waals surface area contributed by atoms with Crippen molar-refractivity contribution in [3.63, 3.8) is 0 Å². The molecular formula is C19H20FN3O3. The summed E-state index contributed by atoms with van der Waals surface area (Å²) in [7, 11) is 0. The highest BCUT2D eigenvalue weighted by Gasteiger charge is 2.10. The van der Waals surface area contributed by atoms with E-state index in [2.05, 4.69) is 15.8 Å². The summed E-state index contributed by atoms with van der Waals surface area (Å²) in [5, 5.41) is 6.12. The summed E-state index contributed by atoms with van der Waals surface area (Å²) in [6.07, 6.45) is 1.92. The van der Waals surface area contributed by atoms with E-state index >= 15 is 0 Å². The van der Waals surface area contributed by atoms with Gasteiger partial charge in [0.15, 0.2) is 0 Å². The lowest BCUT2D eigenvalue weighted by Crippen LogP contribution is -2.24. The van der Waals surface area contributed by atoms with Crippen molar-refractivity contribution in [3.8, 4) is 5.75 Å². The molecule has 2 rings (SSSR count). The predicted octanol–water partition coefficient (Wildman–Crippen LogP) is 3.09. The molecule has 0 aromatic heterocycles. The monoisotopic (exact) mass is 357 g/mol. The van der Waals surface area contributed by atoms with Gasteiger partial charge in [0.05, 0.1) is 18.5 Å². The lowest BCUT2D eigenvalue weighted by molar-refractivity contribution is -0.126. The van der Waals surface area contributed by atoms with E-state index in [9.17, 15) is 14.0 Å². The lowest BCUT2D eigenvalue weighted by atomic mass is 10.2. The van der Waals surface area contributed by atoms with Gasteiger partial charge in [-0.15, -0.1) is 0 Å². The standard InChI is InChI=1S/C19H20FN3O3/c1-2-11-26-15-9-7-14(8-10-15)13-21-23-19(25)12-18(24)22-17-6-4-3-5-16(17)20/h3-10,13H,2,11-12H2,1H3,(H,22,24)(H,23,25). The molecule has 2 amide bonds. The molecule has 26 heavy (non-hydrogen) atoms. The van der Waals surface area contributed by atoms with Crippen LogP contribution in [0.4, 0.5) is 10.1 Å². The van der Waals surface area contributed by atoms with Gasteiger partial charge in [-0.2, -0.15) is 5.10 Å². The molecule has 136 valence electrons. The molecule has 7 heteroatoms. The van der Waals surface area contributed by atoms with Gasteiger partial charge in [0.1, 0.15) is 18.0 Å². The van der Waals surface area contributed by atoms with Crippen molar-refractivity contribution in [1.82, 2.24) is 5.43 Å². The number of nitrogens with one attached hydrogen (secondary N) is 2. The average Bonchev–Trinajstić information content (AvgIpc) is 2.63. The molecule has 0 unspecified atom stereocenters. The zero-order valence-electron chi connectivity index (χ0n) is 14.4. The largest absolute Gasteiger partial charge is 0.494 e. The number of nitrogens with zero attached hydrogens (tertiary/aromatic N) is 1. The van der Waals surface area contributed by atoms with E-state index in [1.807, 2.05) is 6.92 Å². The van der Waals surface area contributed by atoms with E-state index in [0.717, 1.165) is 17.7 Å². The Morgan fingerprint density at radius 1 is 1.12 bits per heavy atom. The molecule has 0 saturated heterocycles. The van der Waals surface area contributed by atoms with Crippen molar-refractivity contribution in [2.24, 2.45) is 5.10 Å². The van der Waals surface area contributed by atoms with Crippen LogP contribution >= 0.6 is 0 Å². The number of carbonyl (C=O) groups excluding carboxylic acids is 2. The lowest BCUT2D eigenvalue weighted by Gasteiger charge is -2.05. The smallest absolute Gasteiger partial charge is 0.249 e. The normalized spacial score (nSPS) is 10.5. The summed E-state index contributed by atoms with van der Waals surface area (Å²) in [5.74, 6) is -1.03. The van der Waals surface area contributed by atoms with Crippen LogP contribution in [0.15, 0.2) is 53.6 Å². The first-order valence-electron chi connectivity index (χ1n) is 8.17. The molecule has 2 N–H and O–H groups in total. The fraction of sp³-hybridized carbons (Fsp3) is 0.211. The van der Waals surface area contributed by atoms with Gasteiger partial charge in [0, 0.05) is 0 Å². The zero-order chi connectivity index (χ0) is 18.8. The minimum Gasteiger partial charge on any atom is -0.494 e. The Labute approximate surface area is 151 Å². The summed E-state index contributed by atoms with van der Waals surface area (Å²) in [5.41, 5.74) is 3.05. The summed E-state index contributed by atoms with van der Waals surface area (Å²) in [6.45, 7) is 2.68. The van der Waals surface area contributed by atoms with Crippen molar-refractivity contribution in [1.29, 1.82) is 0 Å². The molecule has 2 aromatic carbocycles. The minimum absolute atomic E-state index is 0.0270. The molecular weight excluding hydrogens is 337 g/mol. The molecule has 0 aliphatic carbocycles. The van der Waals surface area contributed by atoms with Crippen molar-refractivity contribution in [2.75, 3.05) is 11.9 Å². The zero-order valence-corrected chi connectivity index (χ0v) is 14.4. The Hall–Kier alpha value is -3.22. The Kier molecular flexibility index (Phi) is 7.30. The molecule has 0 aliphatic rings. The highest BCUT2D eigenvalue weighted by molar-refractivity contribution is 6.03. The van der Waals surface area contributed by atoms with Crippen LogP contribution in [-0.2, 0) is 9.59 Å². The maximum atomic E-state index is 13.4. The fourth-order valence-electron chi connectivity index (χ4n) is 1.99. The van der Waals surface area contributed by atoms with Crippen LogP contribution in [0.25, 0.3) is 0 Å². The van der Waals surface area contributed by atoms with E-state index in [1.54, 1.807) is 30.3 Å². The average molecular weight is 357 g/mol. The molecule has 2 aromatic rings. The van der Waals surface area contributed by atoms with Crippen molar-refractivity contribution < 1.29 is 18.7 Å². The summed E-state index contributed by atoms with van der Waals surface area (Å²) in [4.78, 5) is 23.4. The van der Waals surface area contributed by atoms with Crippen LogP contribution in [0, 0.1) is 5.82 Å². The third-order valence-electron chi connectivity index (χ3n) is 3.22. The van der Waals surface area contributed by atoms with Gasteiger partial charge in [-0.1, -0.05) is 19.1 Å². The molecule has 0 aliphatic heterocycles. The van der Waals surface area contributed by atoms with E-state index in [0.29, 0.717) is 6.61 Å². The van der Waals surface area contributed by atoms with Gasteiger partial charge in [0.2, 0.25) is 11.8 Å². The Balaban J connectivity index is 1.78. The Morgan fingerprint density at radius 3 is 2.54 bits per heavy atom. The second-order valence-corrected chi connectivity index (χ2v) is 5.42. The van der Waals surface area contributed by atoms with E-state index in [1.165, 1.54) is 24.4 Å². The Morgan fingerprint density at radius 2 is 1.85 bits per heavy atom. The highest BCUT2D eigenvalue weighted by atomic mass is 19.1. The molecule has 6 nitrogen and oxygen atoms in total. The molecule has 0 spiro atoms. The summed E-state index contributed by atoms with van der Waals surface area (Å²) in [6, 6.07) is 12.9. The third-order valence-corrected chi connectivity index (χ3v) is 3.22. The number of halogens is 1. The molecule has 0 saturated carbocycles. The van der Waals surface area contributed by atoms with Crippen LogP contribution in [0.5, 0.6) is 5.75 Å². The van der Waals surface area contributed by atoms with Gasteiger partial charge in [-0.25, -0.2) is 9.82 Å². The summed E-state index contributed by atoms with van der Waals surface area (Å²) < 4.78 is 18.9. The van der Waals surface area contributed by atoms with Crippen LogP contribution in [0.2, 0.25) is 0 Å². The predicted molar refractivity (Wildman–Crippen MR) is 97.6 cm³/mol. The topological polar surface area (TPSA) is 79.8 Å². The number of rotatable bonds is 8. The first kappa shape index (κ1) is 19.1. The van der Waals surface area contributed by atoms with Gasteiger partial charge in [0.25, 0.3) is 0 Å². The van der Waals surface area contributed by atoms with Crippen LogP contribution in [0.3, 0.4) is 0 Å². The number of hydrogen-bond acceptors (Lipinski definition) is 4. The van der Waals surface area contributed by atoms with Crippen molar-refractivity contribution >= 4 is 23.7 Å². The first-order chi connectivity index (χ1) is 12.6. The second-order valence-electron chi connectivity index (χ2n) is 5.42. The van der Waals surface area contributed by atoms with Gasteiger partial charge >= 0.3 is 0 Å². The number of ether oxygens (including phenoxy) is 1. The quantitative estimate of drug-likeness (QED) is 0.433. The first-order valence-corrected chi connectivity index (χ1v) is 8.17. The van der Waals surface area contributed by atoms with Gasteiger partial charge in [-0.3, -0.25) is 9.59 Å². The third kappa shape index (κ3) is 6.35. The van der Waals surface area contributed by atoms with Gasteiger partial charge < -0.3 is 10.1 Å². The van der Waals surface area contributed by atoms with Gasteiger partial charge in [-0.05, 0) is 48.4 Å². The number of hydrogen-bond donors (Lipinski definition) is 2. The summed E-state index contributed by atoms with van der Waals surface area (Å²) >= 11 is 0. The van der Waals surface area contributed by atoms with E-state index < -0.39 is 24.1 Å². The Bertz CT molecular complexity index is 776. The number of hydrazone groups is 1. The minimum atomic E-state index is -0.625. The second kappa shape index (κ2) is 9.93. The van der Waals surface area contributed by atoms with E-state index in [4.69, 9.17) is 4.74 Å². The van der Waals surface area contributed by atoms with Crippen LogP contribution < -0.4 is 15.5 Å². The van der Waals surface area contributed by atoms with Crippen molar-refractivity contribution in [3.05, 3.63) is 59.9 Å². The molecule has 0 radical (unpaired) electrons. The molecule has 0 heterocycles. The van der Waals surface area contributed by atoms with Crippen LogP contribution in [0.1, 0.15) is 25.3 Å². The maximum Gasteiger partial charge on any atom is 0.249 e. The molecule has 0 fully saturated rings. The number of amides is 2. The number of carbonyl (C=O) groups is 2.